The Morgan fingerprint density at radius 3 is 3.20 bits per heavy atom. The van der Waals surface area contributed by atoms with E-state index in [0.717, 1.165) is 19.6 Å². The van der Waals surface area contributed by atoms with E-state index in [1.165, 1.54) is 36.2 Å². The molecule has 0 bridgehead atoms. The fraction of sp³-hybridized carbons (Fsp3) is 0.727. The molecule has 4 nitrogen and oxygen atoms in total. The van der Waals surface area contributed by atoms with Crippen LogP contribution in [-0.2, 0) is 12.8 Å². The average Bonchev–Trinajstić information content (AvgIpc) is 2.80. The summed E-state index contributed by atoms with van der Waals surface area (Å²) in [5.41, 5.74) is 4.16. The van der Waals surface area contributed by atoms with Crippen LogP contribution in [0.3, 0.4) is 0 Å². The number of aryl methyl sites for hydroxylation is 1. The predicted molar refractivity (Wildman–Crippen MR) is 58.9 cm³/mol. The highest BCUT2D eigenvalue weighted by Crippen LogP contribution is 2.29. The lowest BCUT2D eigenvalue weighted by Gasteiger charge is -2.32. The number of nitrogens with one attached hydrogen (secondary N) is 2. The summed E-state index contributed by atoms with van der Waals surface area (Å²) in [6.45, 7) is 3.25. The zero-order valence-electron chi connectivity index (χ0n) is 9.21. The smallest absolute Gasteiger partial charge is 0.0841 e. The first-order chi connectivity index (χ1) is 7.36. The van der Waals surface area contributed by atoms with Crippen LogP contribution in [0.25, 0.3) is 0 Å². The SMILES string of the molecule is CN1CCNCC1c1n[nH]c2c1CCC2. The van der Waals surface area contributed by atoms with Gasteiger partial charge in [-0.3, -0.25) is 10.00 Å². The van der Waals surface area contributed by atoms with Gasteiger partial charge in [0, 0.05) is 25.3 Å². The van der Waals surface area contributed by atoms with Gasteiger partial charge in [-0.05, 0) is 31.9 Å². The number of piperazine rings is 1. The standard InChI is InChI=1S/C11H18N4/c1-15-6-5-12-7-10(15)11-8-3-2-4-9(8)13-14-11/h10,12H,2-7H2,1H3,(H,13,14). The van der Waals surface area contributed by atoms with Gasteiger partial charge in [0.05, 0.1) is 11.7 Å². The Hall–Kier alpha value is -0.870. The molecule has 3 rings (SSSR count). The van der Waals surface area contributed by atoms with Gasteiger partial charge in [-0.2, -0.15) is 5.10 Å². The number of fused-ring (bicyclic) bond motifs is 1. The van der Waals surface area contributed by atoms with Crippen LogP contribution >= 0.6 is 0 Å². The van der Waals surface area contributed by atoms with Gasteiger partial charge in [0.15, 0.2) is 0 Å². The van der Waals surface area contributed by atoms with Gasteiger partial charge in [-0.15, -0.1) is 0 Å². The van der Waals surface area contributed by atoms with Crippen LogP contribution in [0.1, 0.15) is 29.4 Å². The lowest BCUT2D eigenvalue weighted by molar-refractivity contribution is 0.197. The highest BCUT2D eigenvalue weighted by molar-refractivity contribution is 5.32. The second-order valence-electron chi connectivity index (χ2n) is 4.62. The van der Waals surface area contributed by atoms with Gasteiger partial charge in [-0.25, -0.2) is 0 Å². The van der Waals surface area contributed by atoms with E-state index in [1.54, 1.807) is 0 Å². The summed E-state index contributed by atoms with van der Waals surface area (Å²) in [4.78, 5) is 2.41. The summed E-state index contributed by atoms with van der Waals surface area (Å²) in [5, 5.41) is 11.2. The van der Waals surface area contributed by atoms with Gasteiger partial charge in [-0.1, -0.05) is 0 Å². The van der Waals surface area contributed by atoms with E-state index < -0.39 is 0 Å². The first kappa shape index (κ1) is 9.36. The third-order valence-corrected chi connectivity index (χ3v) is 3.66. The number of hydrogen-bond donors (Lipinski definition) is 2. The van der Waals surface area contributed by atoms with Crippen molar-refractivity contribution in [2.45, 2.75) is 25.3 Å². The van der Waals surface area contributed by atoms with Crippen molar-refractivity contribution in [3.8, 4) is 0 Å². The van der Waals surface area contributed by atoms with E-state index in [4.69, 9.17) is 0 Å². The number of H-pyrrole nitrogens is 1. The molecular weight excluding hydrogens is 188 g/mol. The number of nitrogens with zero attached hydrogens (tertiary/aromatic N) is 2. The van der Waals surface area contributed by atoms with Crippen LogP contribution < -0.4 is 5.32 Å². The van der Waals surface area contributed by atoms with Crippen LogP contribution in [0.15, 0.2) is 0 Å². The minimum absolute atomic E-state index is 0.469. The molecule has 82 valence electrons. The van der Waals surface area contributed by atoms with E-state index in [2.05, 4.69) is 27.5 Å². The lowest BCUT2D eigenvalue weighted by atomic mass is 10.1. The van der Waals surface area contributed by atoms with Crippen LogP contribution in [0.4, 0.5) is 0 Å². The van der Waals surface area contributed by atoms with E-state index in [1.807, 2.05) is 0 Å². The molecule has 1 aliphatic heterocycles. The number of aromatic nitrogens is 2. The second kappa shape index (κ2) is 3.61. The monoisotopic (exact) mass is 206 g/mol. The summed E-state index contributed by atoms with van der Waals surface area (Å²) in [6, 6.07) is 0.469. The Kier molecular flexibility index (Phi) is 2.25. The molecule has 1 aliphatic carbocycles. The predicted octanol–water partition coefficient (Wildman–Crippen LogP) is 0.474. The molecule has 2 heterocycles. The molecule has 0 radical (unpaired) electrons. The van der Waals surface area contributed by atoms with E-state index in [9.17, 15) is 0 Å². The maximum Gasteiger partial charge on any atom is 0.0841 e. The maximum atomic E-state index is 4.51. The molecule has 1 saturated heterocycles. The number of likely N-dealkylation sites (N-methyl/N-ethyl adjacent to an activating group) is 1. The summed E-state index contributed by atoms with van der Waals surface area (Å²) in [5.74, 6) is 0. The Bertz CT molecular complexity index is 357. The molecule has 1 fully saturated rings. The van der Waals surface area contributed by atoms with Gasteiger partial charge < -0.3 is 5.32 Å². The van der Waals surface area contributed by atoms with Crippen LogP contribution in [-0.4, -0.2) is 41.8 Å². The molecule has 2 N–H and O–H groups in total. The summed E-state index contributed by atoms with van der Waals surface area (Å²) < 4.78 is 0. The summed E-state index contributed by atoms with van der Waals surface area (Å²) >= 11 is 0. The van der Waals surface area contributed by atoms with Crippen molar-refractivity contribution in [1.29, 1.82) is 0 Å². The number of aromatic amines is 1. The fourth-order valence-corrected chi connectivity index (χ4v) is 2.73. The molecule has 1 unspecified atom stereocenters. The molecule has 15 heavy (non-hydrogen) atoms. The Morgan fingerprint density at radius 2 is 2.33 bits per heavy atom. The van der Waals surface area contributed by atoms with Crippen molar-refractivity contribution in [2.75, 3.05) is 26.7 Å². The second-order valence-corrected chi connectivity index (χ2v) is 4.62. The third-order valence-electron chi connectivity index (χ3n) is 3.66. The molecule has 0 spiro atoms. The molecule has 0 amide bonds. The molecule has 4 heteroatoms. The summed E-state index contributed by atoms with van der Waals surface area (Å²) in [7, 11) is 2.20. The minimum Gasteiger partial charge on any atom is -0.313 e. The Morgan fingerprint density at radius 1 is 1.40 bits per heavy atom. The quantitative estimate of drug-likeness (QED) is 0.702. The van der Waals surface area contributed by atoms with Crippen molar-refractivity contribution in [2.24, 2.45) is 0 Å². The molecule has 0 saturated carbocycles. The van der Waals surface area contributed by atoms with Crippen LogP contribution in [0.2, 0.25) is 0 Å². The third kappa shape index (κ3) is 1.48. The summed E-state index contributed by atoms with van der Waals surface area (Å²) in [6.07, 6.45) is 3.69. The lowest BCUT2D eigenvalue weighted by Crippen LogP contribution is -2.44. The van der Waals surface area contributed by atoms with E-state index in [0.29, 0.717) is 6.04 Å². The minimum atomic E-state index is 0.469. The first-order valence-electron chi connectivity index (χ1n) is 5.83. The Labute approximate surface area is 90.0 Å². The highest BCUT2D eigenvalue weighted by Gasteiger charge is 2.28. The van der Waals surface area contributed by atoms with Gasteiger partial charge in [0.1, 0.15) is 0 Å². The topological polar surface area (TPSA) is 44.0 Å². The normalized spacial score (nSPS) is 26.9. The molecular formula is C11H18N4. The number of rotatable bonds is 1. The van der Waals surface area contributed by atoms with Crippen molar-refractivity contribution in [3.63, 3.8) is 0 Å². The maximum absolute atomic E-state index is 4.51. The molecule has 1 aromatic heterocycles. The van der Waals surface area contributed by atoms with Crippen molar-refractivity contribution in [3.05, 3.63) is 17.0 Å². The van der Waals surface area contributed by atoms with Crippen molar-refractivity contribution >= 4 is 0 Å². The van der Waals surface area contributed by atoms with E-state index in [-0.39, 0.29) is 0 Å². The van der Waals surface area contributed by atoms with Gasteiger partial charge in [0.2, 0.25) is 0 Å². The van der Waals surface area contributed by atoms with Crippen LogP contribution in [0.5, 0.6) is 0 Å². The van der Waals surface area contributed by atoms with Crippen molar-refractivity contribution in [1.82, 2.24) is 20.4 Å². The fourth-order valence-electron chi connectivity index (χ4n) is 2.73. The molecule has 1 aromatic rings. The zero-order valence-corrected chi connectivity index (χ0v) is 9.21. The Balaban J connectivity index is 1.91. The van der Waals surface area contributed by atoms with Crippen LogP contribution in [0, 0.1) is 0 Å². The van der Waals surface area contributed by atoms with E-state index >= 15 is 0 Å². The molecule has 0 aromatic carbocycles. The zero-order chi connectivity index (χ0) is 10.3. The van der Waals surface area contributed by atoms with Gasteiger partial charge in [0.25, 0.3) is 0 Å². The number of hydrogen-bond acceptors (Lipinski definition) is 3. The average molecular weight is 206 g/mol. The molecule has 1 atom stereocenters. The van der Waals surface area contributed by atoms with Gasteiger partial charge >= 0.3 is 0 Å². The molecule has 2 aliphatic rings. The largest absolute Gasteiger partial charge is 0.313 e. The first-order valence-corrected chi connectivity index (χ1v) is 5.83. The highest BCUT2D eigenvalue weighted by atomic mass is 15.2. The van der Waals surface area contributed by atoms with Crippen molar-refractivity contribution < 1.29 is 0 Å².